The smallest absolute Gasteiger partial charge is 0.165 e. The van der Waals surface area contributed by atoms with Crippen molar-refractivity contribution in [2.75, 3.05) is 0 Å². The minimum absolute atomic E-state index is 0.714. The van der Waals surface area contributed by atoms with E-state index >= 15 is 0 Å². The summed E-state index contributed by atoms with van der Waals surface area (Å²) in [4.78, 5) is 13.9. The highest BCUT2D eigenvalue weighted by atomic mass is 32.1. The van der Waals surface area contributed by atoms with E-state index in [2.05, 4.69) is 52.4 Å². The van der Waals surface area contributed by atoms with E-state index in [9.17, 15) is 0 Å². The second kappa shape index (κ2) is 6.00. The van der Waals surface area contributed by atoms with Crippen LogP contribution in [0.25, 0.3) is 42.9 Å². The second-order valence-corrected chi connectivity index (χ2v) is 7.23. The van der Waals surface area contributed by atoms with Gasteiger partial charge >= 0.3 is 0 Å². The monoisotopic (exact) mass is 353 g/mol. The van der Waals surface area contributed by atoms with E-state index < -0.39 is 0 Å². The lowest BCUT2D eigenvalue weighted by atomic mass is 10.1. The maximum Gasteiger partial charge on any atom is 0.165 e. The first-order chi connectivity index (χ1) is 12.8. The molecule has 3 nitrogen and oxygen atoms in total. The Kier molecular flexibility index (Phi) is 3.50. The third kappa shape index (κ3) is 2.47. The largest absolute Gasteiger partial charge is 0.213 e. The highest BCUT2D eigenvalue weighted by Crippen LogP contribution is 2.38. The van der Waals surface area contributed by atoms with Crippen molar-refractivity contribution in [1.29, 1.82) is 0 Å². The van der Waals surface area contributed by atoms with Crippen LogP contribution in [-0.4, -0.2) is 15.0 Å². The molecule has 26 heavy (non-hydrogen) atoms. The number of nitrogens with zero attached hydrogens (tertiary/aromatic N) is 3. The van der Waals surface area contributed by atoms with Gasteiger partial charge in [-0.3, -0.25) is 0 Å². The van der Waals surface area contributed by atoms with Crippen LogP contribution in [0.3, 0.4) is 0 Å². The van der Waals surface area contributed by atoms with Gasteiger partial charge in [-0.05, 0) is 19.1 Å². The molecular formula is C22H15N3S. The maximum atomic E-state index is 4.78. The topological polar surface area (TPSA) is 38.7 Å². The van der Waals surface area contributed by atoms with E-state index in [1.165, 1.54) is 20.2 Å². The number of fused-ring (bicyclic) bond motifs is 3. The van der Waals surface area contributed by atoms with Gasteiger partial charge in [0, 0.05) is 31.3 Å². The average Bonchev–Trinajstić information content (AvgIpc) is 3.07. The van der Waals surface area contributed by atoms with E-state index in [1.807, 2.05) is 37.3 Å². The van der Waals surface area contributed by atoms with Crippen LogP contribution < -0.4 is 0 Å². The van der Waals surface area contributed by atoms with Crippen LogP contribution in [0.1, 0.15) is 5.82 Å². The molecule has 2 aromatic heterocycles. The predicted octanol–water partition coefficient (Wildman–Crippen LogP) is 5.88. The summed E-state index contributed by atoms with van der Waals surface area (Å²) in [6.45, 7) is 1.92. The summed E-state index contributed by atoms with van der Waals surface area (Å²) in [6, 6.07) is 24.9. The molecule has 0 atom stereocenters. The van der Waals surface area contributed by atoms with Gasteiger partial charge in [0.05, 0.1) is 0 Å². The first-order valence-corrected chi connectivity index (χ1v) is 9.30. The maximum absolute atomic E-state index is 4.78. The zero-order chi connectivity index (χ0) is 17.5. The Morgan fingerprint density at radius 3 is 2.27 bits per heavy atom. The van der Waals surface area contributed by atoms with Crippen LogP contribution in [0.15, 0.2) is 72.8 Å². The summed E-state index contributed by atoms with van der Waals surface area (Å²) >= 11 is 1.79. The highest BCUT2D eigenvalue weighted by molar-refractivity contribution is 7.26. The van der Waals surface area contributed by atoms with Gasteiger partial charge in [0.15, 0.2) is 11.6 Å². The second-order valence-electron chi connectivity index (χ2n) is 6.18. The van der Waals surface area contributed by atoms with Gasteiger partial charge in [-0.2, -0.15) is 0 Å². The summed E-state index contributed by atoms with van der Waals surface area (Å²) in [5, 5.41) is 2.53. The van der Waals surface area contributed by atoms with Crippen molar-refractivity contribution < 1.29 is 0 Å². The number of benzene rings is 3. The fraction of sp³-hybridized carbons (Fsp3) is 0.0455. The Balaban J connectivity index is 1.77. The summed E-state index contributed by atoms with van der Waals surface area (Å²) in [7, 11) is 0. The van der Waals surface area contributed by atoms with Crippen LogP contribution in [0.5, 0.6) is 0 Å². The molecule has 0 fully saturated rings. The fourth-order valence-corrected chi connectivity index (χ4v) is 4.45. The summed E-state index contributed by atoms with van der Waals surface area (Å²) in [5.74, 6) is 2.17. The SMILES string of the molecule is Cc1nc(-c2ccccc2)nc(-c2cccc3c2sc2ccccc23)n1. The van der Waals surface area contributed by atoms with Gasteiger partial charge in [-0.1, -0.05) is 60.7 Å². The zero-order valence-electron chi connectivity index (χ0n) is 14.2. The van der Waals surface area contributed by atoms with Gasteiger partial charge in [0.25, 0.3) is 0 Å². The van der Waals surface area contributed by atoms with E-state index in [4.69, 9.17) is 4.98 Å². The molecule has 0 radical (unpaired) electrons. The minimum atomic E-state index is 0.714. The predicted molar refractivity (Wildman–Crippen MR) is 108 cm³/mol. The third-order valence-corrected chi connectivity index (χ3v) is 5.64. The van der Waals surface area contributed by atoms with Crippen molar-refractivity contribution >= 4 is 31.5 Å². The van der Waals surface area contributed by atoms with E-state index in [0.717, 1.165) is 22.8 Å². The number of hydrogen-bond donors (Lipinski definition) is 0. The highest BCUT2D eigenvalue weighted by Gasteiger charge is 2.14. The van der Waals surface area contributed by atoms with Crippen molar-refractivity contribution in [3.05, 3.63) is 78.6 Å². The zero-order valence-corrected chi connectivity index (χ0v) is 15.0. The van der Waals surface area contributed by atoms with Crippen LogP contribution in [0, 0.1) is 6.92 Å². The Morgan fingerprint density at radius 2 is 1.38 bits per heavy atom. The van der Waals surface area contributed by atoms with Crippen LogP contribution in [0.4, 0.5) is 0 Å². The van der Waals surface area contributed by atoms with Gasteiger partial charge in [-0.15, -0.1) is 11.3 Å². The van der Waals surface area contributed by atoms with Gasteiger partial charge < -0.3 is 0 Å². The third-order valence-electron chi connectivity index (χ3n) is 4.42. The van der Waals surface area contributed by atoms with Gasteiger partial charge in [-0.25, -0.2) is 15.0 Å². The molecule has 0 N–H and O–H groups in total. The Hall–Kier alpha value is -3.11. The molecule has 0 aliphatic heterocycles. The number of aryl methyl sites for hydroxylation is 1. The normalized spacial score (nSPS) is 11.3. The quantitative estimate of drug-likeness (QED) is 0.398. The molecule has 124 valence electrons. The van der Waals surface area contributed by atoms with Crippen LogP contribution in [0.2, 0.25) is 0 Å². The number of aromatic nitrogens is 3. The van der Waals surface area contributed by atoms with Crippen molar-refractivity contribution in [1.82, 2.24) is 15.0 Å². The molecule has 0 aliphatic carbocycles. The van der Waals surface area contributed by atoms with Crippen molar-refractivity contribution in [2.24, 2.45) is 0 Å². The van der Waals surface area contributed by atoms with E-state index in [-0.39, 0.29) is 0 Å². The first kappa shape index (κ1) is 15.2. The standard InChI is InChI=1S/C22H15N3S/c1-14-23-21(15-8-3-2-4-9-15)25-22(24-14)18-12-7-11-17-16-10-5-6-13-19(16)26-20(17)18/h2-13H,1H3. The minimum Gasteiger partial charge on any atom is -0.213 e. The first-order valence-electron chi connectivity index (χ1n) is 8.48. The molecule has 0 saturated carbocycles. The van der Waals surface area contributed by atoms with Crippen LogP contribution >= 0.6 is 11.3 Å². The molecule has 2 heterocycles. The molecule has 5 rings (SSSR count). The molecule has 0 saturated heterocycles. The van der Waals surface area contributed by atoms with Crippen molar-refractivity contribution in [2.45, 2.75) is 6.92 Å². The number of rotatable bonds is 2. The molecule has 5 aromatic rings. The lowest BCUT2D eigenvalue weighted by molar-refractivity contribution is 0.993. The summed E-state index contributed by atoms with van der Waals surface area (Å²) in [6.07, 6.45) is 0. The Bertz CT molecular complexity index is 1240. The average molecular weight is 353 g/mol. The molecule has 4 heteroatoms. The lowest BCUT2D eigenvalue weighted by Gasteiger charge is -2.06. The lowest BCUT2D eigenvalue weighted by Crippen LogP contribution is -1.99. The fourth-order valence-electron chi connectivity index (χ4n) is 3.24. The van der Waals surface area contributed by atoms with Crippen molar-refractivity contribution in [3.63, 3.8) is 0 Å². The summed E-state index contributed by atoms with van der Waals surface area (Å²) < 4.78 is 2.50. The summed E-state index contributed by atoms with van der Waals surface area (Å²) in [5.41, 5.74) is 2.06. The van der Waals surface area contributed by atoms with Crippen molar-refractivity contribution in [3.8, 4) is 22.8 Å². The van der Waals surface area contributed by atoms with Crippen LogP contribution in [-0.2, 0) is 0 Å². The molecule has 0 spiro atoms. The molecule has 0 bridgehead atoms. The molecule has 0 amide bonds. The molecular weight excluding hydrogens is 338 g/mol. The molecule has 0 unspecified atom stereocenters. The number of thiophene rings is 1. The Morgan fingerprint density at radius 1 is 0.654 bits per heavy atom. The van der Waals surface area contributed by atoms with Gasteiger partial charge in [0.1, 0.15) is 5.82 Å². The molecule has 0 aliphatic rings. The van der Waals surface area contributed by atoms with Gasteiger partial charge in [0.2, 0.25) is 0 Å². The number of hydrogen-bond acceptors (Lipinski definition) is 4. The van der Waals surface area contributed by atoms with E-state index in [1.54, 1.807) is 11.3 Å². The Labute approximate surface area is 155 Å². The van der Waals surface area contributed by atoms with E-state index in [0.29, 0.717) is 5.82 Å². The molecule has 3 aromatic carbocycles.